The number of hydrogen-bond acceptors (Lipinski definition) is 2. The summed E-state index contributed by atoms with van der Waals surface area (Å²) in [4.78, 5) is 0. The number of ether oxygens (including phenoxy) is 2. The van der Waals surface area contributed by atoms with E-state index in [1.807, 2.05) is 0 Å². The Morgan fingerprint density at radius 1 is 0.914 bits per heavy atom. The van der Waals surface area contributed by atoms with Crippen molar-refractivity contribution in [2.75, 3.05) is 6.61 Å². The quantitative estimate of drug-likeness (QED) is 0.267. The highest BCUT2D eigenvalue weighted by molar-refractivity contribution is 5.76. The summed E-state index contributed by atoms with van der Waals surface area (Å²) in [5.41, 5.74) is -1.51. The standard InChI is InChI=1S/C27H28F6O2/c1-3-5-6-15-7-9-16(10-8-15)27(32,33)35-20-14-12-18-17-11-13-19(34-4-2)23(28)21(17)25(30)26(31)22(18)24(20)29/h3,11-16,25-26H,1,4-10H2,2H3. The molecule has 4 rings (SSSR count). The SMILES string of the molecule is C=CCCC1CCC(C(F)(F)Oc2ccc3c(c2F)C(F)C(F)c2c-3ccc(OCC)c2F)CC1. The molecule has 35 heavy (non-hydrogen) atoms. The Hall–Kier alpha value is -2.64. The van der Waals surface area contributed by atoms with Crippen molar-refractivity contribution in [3.05, 3.63) is 59.7 Å². The average Bonchev–Trinajstić information content (AvgIpc) is 2.84. The molecule has 0 saturated heterocycles. The molecule has 2 atom stereocenters. The summed E-state index contributed by atoms with van der Waals surface area (Å²) in [7, 11) is 0. The van der Waals surface area contributed by atoms with Gasteiger partial charge in [-0.3, -0.25) is 0 Å². The lowest BCUT2D eigenvalue weighted by Crippen LogP contribution is -2.37. The Morgan fingerprint density at radius 2 is 1.46 bits per heavy atom. The van der Waals surface area contributed by atoms with Gasteiger partial charge in [0.2, 0.25) is 0 Å². The van der Waals surface area contributed by atoms with E-state index in [1.165, 1.54) is 12.1 Å². The molecule has 2 aliphatic carbocycles. The molecule has 0 N–H and O–H groups in total. The highest BCUT2D eigenvalue weighted by Gasteiger charge is 2.46. The highest BCUT2D eigenvalue weighted by atomic mass is 19.3. The van der Waals surface area contributed by atoms with Crippen LogP contribution in [0.15, 0.2) is 36.9 Å². The van der Waals surface area contributed by atoms with Gasteiger partial charge < -0.3 is 9.47 Å². The summed E-state index contributed by atoms with van der Waals surface area (Å²) in [6, 6.07) is 4.67. The van der Waals surface area contributed by atoms with Gasteiger partial charge in [0, 0.05) is 11.1 Å². The number of allylic oxidation sites excluding steroid dienone is 1. The fourth-order valence-electron chi connectivity index (χ4n) is 5.16. The molecule has 0 heterocycles. The average molecular weight is 499 g/mol. The lowest BCUT2D eigenvalue weighted by atomic mass is 9.79. The maximum atomic E-state index is 15.3. The molecule has 0 amide bonds. The smallest absolute Gasteiger partial charge is 0.400 e. The highest BCUT2D eigenvalue weighted by Crippen LogP contribution is 2.53. The largest absolute Gasteiger partial charge is 0.491 e. The van der Waals surface area contributed by atoms with Crippen LogP contribution in [0.1, 0.15) is 68.9 Å². The number of benzene rings is 2. The summed E-state index contributed by atoms with van der Waals surface area (Å²) in [6.07, 6.45) is -3.66. The van der Waals surface area contributed by atoms with Crippen molar-refractivity contribution in [1.82, 2.24) is 0 Å². The number of alkyl halides is 4. The van der Waals surface area contributed by atoms with Gasteiger partial charge in [-0.05, 0) is 74.6 Å². The van der Waals surface area contributed by atoms with Gasteiger partial charge in [0.25, 0.3) is 0 Å². The summed E-state index contributed by atoms with van der Waals surface area (Å²) in [6.45, 7) is 5.40. The van der Waals surface area contributed by atoms with Gasteiger partial charge in [-0.15, -0.1) is 6.58 Å². The molecular formula is C27H28F6O2. The second kappa shape index (κ2) is 10.2. The molecule has 0 aromatic heterocycles. The van der Waals surface area contributed by atoms with Gasteiger partial charge >= 0.3 is 6.11 Å². The molecule has 0 spiro atoms. The van der Waals surface area contributed by atoms with Crippen molar-refractivity contribution in [1.29, 1.82) is 0 Å². The van der Waals surface area contributed by atoms with Crippen molar-refractivity contribution < 1.29 is 35.8 Å². The van der Waals surface area contributed by atoms with Crippen molar-refractivity contribution in [2.24, 2.45) is 11.8 Å². The van der Waals surface area contributed by atoms with Crippen molar-refractivity contribution in [2.45, 2.75) is 63.9 Å². The van der Waals surface area contributed by atoms with E-state index in [9.17, 15) is 17.6 Å². The normalized spacial score (nSPS) is 23.9. The molecule has 2 nitrogen and oxygen atoms in total. The minimum absolute atomic E-state index is 0.0580. The maximum Gasteiger partial charge on any atom is 0.400 e. The third-order valence-electron chi connectivity index (χ3n) is 7.03. The molecule has 190 valence electrons. The van der Waals surface area contributed by atoms with E-state index in [1.54, 1.807) is 13.0 Å². The van der Waals surface area contributed by atoms with Crippen LogP contribution in [-0.4, -0.2) is 12.7 Å². The second-order valence-corrected chi connectivity index (χ2v) is 9.16. The number of hydrogen-bond donors (Lipinski definition) is 0. The van der Waals surface area contributed by atoms with Gasteiger partial charge in [0.05, 0.1) is 12.5 Å². The van der Waals surface area contributed by atoms with Gasteiger partial charge in [-0.1, -0.05) is 18.2 Å². The van der Waals surface area contributed by atoms with Crippen LogP contribution in [0.4, 0.5) is 26.3 Å². The van der Waals surface area contributed by atoms with Crippen molar-refractivity contribution in [3.8, 4) is 22.6 Å². The van der Waals surface area contributed by atoms with Crippen LogP contribution in [0.2, 0.25) is 0 Å². The van der Waals surface area contributed by atoms with E-state index < -0.39 is 52.9 Å². The number of rotatable bonds is 8. The topological polar surface area (TPSA) is 18.5 Å². The number of fused-ring (bicyclic) bond motifs is 3. The molecule has 2 unspecified atom stereocenters. The Kier molecular flexibility index (Phi) is 7.38. The summed E-state index contributed by atoms with van der Waals surface area (Å²) in [5.74, 6) is -4.35. The first kappa shape index (κ1) is 25.5. The van der Waals surface area contributed by atoms with Crippen LogP contribution in [0, 0.1) is 23.5 Å². The molecular weight excluding hydrogens is 470 g/mol. The zero-order chi connectivity index (χ0) is 25.3. The monoisotopic (exact) mass is 498 g/mol. The molecule has 2 aromatic carbocycles. The van der Waals surface area contributed by atoms with Crippen LogP contribution in [0.25, 0.3) is 11.1 Å². The molecule has 1 fully saturated rings. The van der Waals surface area contributed by atoms with E-state index in [4.69, 9.17) is 9.47 Å². The summed E-state index contributed by atoms with van der Waals surface area (Å²) in [5, 5.41) is 0. The maximum absolute atomic E-state index is 15.3. The fourth-order valence-corrected chi connectivity index (χ4v) is 5.16. The van der Waals surface area contributed by atoms with E-state index in [-0.39, 0.29) is 36.3 Å². The lowest BCUT2D eigenvalue weighted by Gasteiger charge is -2.34. The van der Waals surface area contributed by atoms with Gasteiger partial charge in [0.15, 0.2) is 35.5 Å². The summed E-state index contributed by atoms with van der Waals surface area (Å²) >= 11 is 0. The molecule has 0 bridgehead atoms. The van der Waals surface area contributed by atoms with E-state index in [0.717, 1.165) is 25.0 Å². The molecule has 0 aliphatic heterocycles. The van der Waals surface area contributed by atoms with Crippen molar-refractivity contribution >= 4 is 0 Å². The van der Waals surface area contributed by atoms with Gasteiger partial charge in [-0.2, -0.15) is 8.78 Å². The molecule has 8 heteroatoms. The van der Waals surface area contributed by atoms with Gasteiger partial charge in [0.1, 0.15) is 0 Å². The lowest BCUT2D eigenvalue weighted by molar-refractivity contribution is -0.224. The molecule has 0 radical (unpaired) electrons. The third-order valence-corrected chi connectivity index (χ3v) is 7.03. The first-order valence-electron chi connectivity index (χ1n) is 11.9. The Morgan fingerprint density at radius 3 is 2.00 bits per heavy atom. The molecule has 1 saturated carbocycles. The first-order valence-corrected chi connectivity index (χ1v) is 11.9. The Labute approximate surface area is 200 Å². The van der Waals surface area contributed by atoms with Crippen LogP contribution >= 0.6 is 0 Å². The Balaban J connectivity index is 1.61. The Bertz CT molecular complexity index is 1080. The van der Waals surface area contributed by atoms with Crippen LogP contribution in [0.5, 0.6) is 11.5 Å². The first-order chi connectivity index (χ1) is 16.7. The minimum Gasteiger partial charge on any atom is -0.491 e. The minimum atomic E-state index is -3.68. The fraction of sp³-hybridized carbons (Fsp3) is 0.481. The third kappa shape index (κ3) is 4.76. The van der Waals surface area contributed by atoms with Crippen LogP contribution in [-0.2, 0) is 0 Å². The van der Waals surface area contributed by atoms with Crippen LogP contribution < -0.4 is 9.47 Å². The van der Waals surface area contributed by atoms with Gasteiger partial charge in [-0.25, -0.2) is 17.6 Å². The van der Waals surface area contributed by atoms with E-state index >= 15 is 8.78 Å². The number of halogens is 6. The predicted molar refractivity (Wildman–Crippen MR) is 121 cm³/mol. The zero-order valence-corrected chi connectivity index (χ0v) is 19.4. The summed E-state index contributed by atoms with van der Waals surface area (Å²) < 4.78 is 99.9. The predicted octanol–water partition coefficient (Wildman–Crippen LogP) is 8.81. The van der Waals surface area contributed by atoms with E-state index in [2.05, 4.69) is 6.58 Å². The zero-order valence-electron chi connectivity index (χ0n) is 19.4. The molecule has 2 aliphatic rings. The van der Waals surface area contributed by atoms with Crippen molar-refractivity contribution in [3.63, 3.8) is 0 Å². The second-order valence-electron chi connectivity index (χ2n) is 9.16. The van der Waals surface area contributed by atoms with E-state index in [0.29, 0.717) is 18.8 Å². The molecule has 2 aromatic rings. The van der Waals surface area contributed by atoms with Crippen LogP contribution in [0.3, 0.4) is 0 Å².